The molecule has 2 aromatic rings. The van der Waals surface area contributed by atoms with Gasteiger partial charge in [0, 0.05) is 24.6 Å². The molecule has 3 rings (SSSR count). The normalized spacial score (nSPS) is 15.3. The van der Waals surface area contributed by atoms with E-state index in [0.717, 1.165) is 11.8 Å². The molecule has 1 saturated heterocycles. The fraction of sp³-hybridized carbons (Fsp3) is 0.111. The van der Waals surface area contributed by atoms with E-state index >= 15 is 0 Å². The van der Waals surface area contributed by atoms with Crippen molar-refractivity contribution in [2.45, 2.75) is 6.42 Å². The maximum atomic E-state index is 12.4. The van der Waals surface area contributed by atoms with Gasteiger partial charge in [0.2, 0.25) is 5.91 Å². The zero-order valence-electron chi connectivity index (χ0n) is 14.0. The van der Waals surface area contributed by atoms with Crippen molar-refractivity contribution in [2.75, 3.05) is 6.54 Å². The number of thiocarbonyl (C=S) groups is 1. The largest absolute Gasteiger partial charge is 0.465 e. The molecule has 0 aliphatic carbocycles. The highest BCUT2D eigenvalue weighted by Crippen LogP contribution is 2.32. The lowest BCUT2D eigenvalue weighted by molar-refractivity contribution is -0.124. The van der Waals surface area contributed by atoms with Crippen LogP contribution < -0.4 is 10.9 Å². The summed E-state index contributed by atoms with van der Waals surface area (Å²) in [5, 5.41) is 0. The van der Waals surface area contributed by atoms with E-state index in [1.165, 1.54) is 11.2 Å². The van der Waals surface area contributed by atoms with Crippen molar-refractivity contribution in [3.05, 3.63) is 65.0 Å². The maximum absolute atomic E-state index is 12.4. The minimum Gasteiger partial charge on any atom is -0.465 e. The topological polar surface area (TPSA) is 91.7 Å². The lowest BCUT2D eigenvalue weighted by atomic mass is 10.2. The third kappa shape index (κ3) is 4.83. The summed E-state index contributed by atoms with van der Waals surface area (Å²) in [5.74, 6) is -0.571. The van der Waals surface area contributed by atoms with E-state index in [-0.39, 0.29) is 18.9 Å². The van der Waals surface area contributed by atoms with Crippen LogP contribution in [0, 0.1) is 0 Å². The first-order valence-electron chi connectivity index (χ1n) is 7.97. The number of rotatable bonds is 5. The second-order valence-electron chi connectivity index (χ2n) is 5.47. The molecule has 27 heavy (non-hydrogen) atoms. The SMILES string of the molecule is O=C(CCN1C(=O)C(=Cc2ccco2)SC1=S)NNC(=O)c1ccccc1. The van der Waals surface area contributed by atoms with Crippen molar-refractivity contribution >= 4 is 52.1 Å². The van der Waals surface area contributed by atoms with Gasteiger partial charge in [-0.2, -0.15) is 0 Å². The number of nitrogens with zero attached hydrogens (tertiary/aromatic N) is 1. The van der Waals surface area contributed by atoms with Gasteiger partial charge in [-0.3, -0.25) is 30.1 Å². The molecular formula is C18H15N3O4S2. The van der Waals surface area contributed by atoms with Gasteiger partial charge in [-0.1, -0.05) is 42.2 Å². The Morgan fingerprint density at radius 2 is 1.93 bits per heavy atom. The molecule has 1 aliphatic heterocycles. The molecular weight excluding hydrogens is 386 g/mol. The zero-order valence-corrected chi connectivity index (χ0v) is 15.6. The summed E-state index contributed by atoms with van der Waals surface area (Å²) in [7, 11) is 0. The van der Waals surface area contributed by atoms with Gasteiger partial charge in [0.15, 0.2) is 0 Å². The summed E-state index contributed by atoms with van der Waals surface area (Å²) in [4.78, 5) is 38.0. The van der Waals surface area contributed by atoms with E-state index in [1.54, 1.807) is 48.5 Å². The van der Waals surface area contributed by atoms with Crippen molar-refractivity contribution in [3.8, 4) is 0 Å². The van der Waals surface area contributed by atoms with Crippen LogP contribution in [0.4, 0.5) is 0 Å². The lowest BCUT2D eigenvalue weighted by Crippen LogP contribution is -2.43. The maximum Gasteiger partial charge on any atom is 0.269 e. The molecule has 1 aliphatic rings. The molecule has 138 valence electrons. The number of hydrazine groups is 1. The van der Waals surface area contributed by atoms with E-state index in [2.05, 4.69) is 10.9 Å². The molecule has 2 N–H and O–H groups in total. The molecule has 1 fully saturated rings. The van der Waals surface area contributed by atoms with Crippen LogP contribution in [-0.4, -0.2) is 33.5 Å². The van der Waals surface area contributed by atoms with Gasteiger partial charge in [0.25, 0.3) is 11.8 Å². The highest BCUT2D eigenvalue weighted by molar-refractivity contribution is 8.26. The van der Waals surface area contributed by atoms with Gasteiger partial charge in [-0.15, -0.1) is 0 Å². The van der Waals surface area contributed by atoms with Crippen molar-refractivity contribution in [3.63, 3.8) is 0 Å². The molecule has 1 aromatic carbocycles. The first-order valence-corrected chi connectivity index (χ1v) is 9.20. The average Bonchev–Trinajstić information content (AvgIpc) is 3.28. The Morgan fingerprint density at radius 1 is 1.15 bits per heavy atom. The Labute approximate surface area is 164 Å². The highest BCUT2D eigenvalue weighted by Gasteiger charge is 2.32. The standard InChI is InChI=1S/C18H15N3O4S2/c22-15(19-20-16(23)12-5-2-1-3-6-12)8-9-21-17(24)14(27-18(21)26)11-13-7-4-10-25-13/h1-7,10-11H,8-9H2,(H,19,22)(H,20,23). The first kappa shape index (κ1) is 18.9. The summed E-state index contributed by atoms with van der Waals surface area (Å²) in [6, 6.07) is 12.0. The summed E-state index contributed by atoms with van der Waals surface area (Å²) >= 11 is 6.36. The van der Waals surface area contributed by atoms with E-state index in [4.69, 9.17) is 16.6 Å². The average molecular weight is 401 g/mol. The number of carbonyl (C=O) groups excluding carboxylic acids is 3. The number of benzene rings is 1. The van der Waals surface area contributed by atoms with Crippen LogP contribution in [0.5, 0.6) is 0 Å². The van der Waals surface area contributed by atoms with Gasteiger partial charge in [-0.25, -0.2) is 0 Å². The summed E-state index contributed by atoms with van der Waals surface area (Å²) in [6.45, 7) is 0.118. The Kier molecular flexibility index (Phi) is 6.05. The summed E-state index contributed by atoms with van der Waals surface area (Å²) in [5.41, 5.74) is 5.09. The highest BCUT2D eigenvalue weighted by atomic mass is 32.2. The molecule has 0 spiro atoms. The lowest BCUT2D eigenvalue weighted by Gasteiger charge is -2.14. The van der Waals surface area contributed by atoms with Crippen LogP contribution in [0.15, 0.2) is 58.1 Å². The van der Waals surface area contributed by atoms with Crippen molar-refractivity contribution < 1.29 is 18.8 Å². The van der Waals surface area contributed by atoms with Crippen LogP contribution in [0.25, 0.3) is 6.08 Å². The molecule has 9 heteroatoms. The van der Waals surface area contributed by atoms with Crippen molar-refractivity contribution in [1.82, 2.24) is 15.8 Å². The van der Waals surface area contributed by atoms with Crippen molar-refractivity contribution in [2.24, 2.45) is 0 Å². The smallest absolute Gasteiger partial charge is 0.269 e. The van der Waals surface area contributed by atoms with E-state index < -0.39 is 11.8 Å². The van der Waals surface area contributed by atoms with Crippen LogP contribution in [0.1, 0.15) is 22.5 Å². The predicted octanol–water partition coefficient (Wildman–Crippen LogP) is 2.33. The molecule has 3 amide bonds. The first-order chi connectivity index (χ1) is 13.0. The van der Waals surface area contributed by atoms with Crippen molar-refractivity contribution in [1.29, 1.82) is 0 Å². The predicted molar refractivity (Wildman–Crippen MR) is 105 cm³/mol. The molecule has 0 bridgehead atoms. The third-order valence-electron chi connectivity index (χ3n) is 3.60. The minimum atomic E-state index is -0.427. The molecule has 7 nitrogen and oxygen atoms in total. The molecule has 0 atom stereocenters. The van der Waals surface area contributed by atoms with E-state index in [0.29, 0.717) is 20.5 Å². The minimum absolute atomic E-state index is 0.00442. The van der Waals surface area contributed by atoms with Gasteiger partial charge in [0.1, 0.15) is 10.1 Å². The van der Waals surface area contributed by atoms with Gasteiger partial charge < -0.3 is 4.42 Å². The fourth-order valence-electron chi connectivity index (χ4n) is 2.26. The molecule has 0 saturated carbocycles. The number of carbonyl (C=O) groups is 3. The van der Waals surface area contributed by atoms with Crippen LogP contribution in [0.3, 0.4) is 0 Å². The molecule has 0 radical (unpaired) electrons. The van der Waals surface area contributed by atoms with E-state index in [9.17, 15) is 14.4 Å². The zero-order chi connectivity index (χ0) is 19.2. The van der Waals surface area contributed by atoms with Crippen LogP contribution >= 0.6 is 24.0 Å². The second kappa shape index (κ2) is 8.65. The number of nitrogens with one attached hydrogen (secondary N) is 2. The number of hydrogen-bond donors (Lipinski definition) is 2. The Bertz CT molecular complexity index is 895. The number of thioether (sulfide) groups is 1. The van der Waals surface area contributed by atoms with Crippen LogP contribution in [-0.2, 0) is 9.59 Å². The van der Waals surface area contributed by atoms with Gasteiger partial charge >= 0.3 is 0 Å². The quantitative estimate of drug-likeness (QED) is 0.454. The second-order valence-corrected chi connectivity index (χ2v) is 7.14. The number of amides is 3. The van der Waals surface area contributed by atoms with Gasteiger partial charge in [0.05, 0.1) is 11.2 Å². The number of furan rings is 1. The monoisotopic (exact) mass is 401 g/mol. The Morgan fingerprint density at radius 3 is 2.63 bits per heavy atom. The number of hydrogen-bond acceptors (Lipinski definition) is 6. The fourth-order valence-corrected chi connectivity index (χ4v) is 3.55. The molecule has 1 aromatic heterocycles. The Hall–Kier alpha value is -2.91. The molecule has 0 unspecified atom stereocenters. The summed E-state index contributed by atoms with van der Waals surface area (Å²) in [6.07, 6.45) is 3.12. The third-order valence-corrected chi connectivity index (χ3v) is 4.98. The van der Waals surface area contributed by atoms with Gasteiger partial charge in [-0.05, 0) is 24.3 Å². The molecule has 2 heterocycles. The summed E-state index contributed by atoms with van der Waals surface area (Å²) < 4.78 is 5.57. The van der Waals surface area contributed by atoms with Crippen LogP contribution in [0.2, 0.25) is 0 Å². The Balaban J connectivity index is 1.49. The van der Waals surface area contributed by atoms with E-state index in [1.807, 2.05) is 0 Å².